The van der Waals surface area contributed by atoms with Gasteiger partial charge in [-0.3, -0.25) is 0 Å². The first-order chi connectivity index (χ1) is 8.42. The molecule has 102 valence electrons. The maximum Gasteiger partial charge on any atom is 0.126 e. The van der Waals surface area contributed by atoms with Crippen LogP contribution >= 0.6 is 0 Å². The van der Waals surface area contributed by atoms with Crippen LogP contribution in [0, 0.1) is 12.7 Å². The molecule has 1 N–H and O–H groups in total. The molecule has 18 heavy (non-hydrogen) atoms. The molecule has 0 fully saturated rings. The molecule has 1 aromatic carbocycles. The van der Waals surface area contributed by atoms with Crippen LogP contribution in [0.3, 0.4) is 0 Å². The van der Waals surface area contributed by atoms with Crippen LogP contribution in [0.2, 0.25) is 0 Å². The zero-order valence-electron chi connectivity index (χ0n) is 12.0. The lowest BCUT2D eigenvalue weighted by Crippen LogP contribution is -2.31. The second-order valence-electron chi connectivity index (χ2n) is 4.92. The lowest BCUT2D eigenvalue weighted by Gasteiger charge is -2.31. The van der Waals surface area contributed by atoms with E-state index in [1.165, 1.54) is 6.07 Å². The van der Waals surface area contributed by atoms with E-state index in [0.717, 1.165) is 18.5 Å². The van der Waals surface area contributed by atoms with E-state index in [1.54, 1.807) is 13.8 Å². The van der Waals surface area contributed by atoms with E-state index < -0.39 is 6.10 Å². The third kappa shape index (κ3) is 3.02. The molecule has 0 bridgehead atoms. The Morgan fingerprint density at radius 3 is 2.28 bits per heavy atom. The van der Waals surface area contributed by atoms with Crippen molar-refractivity contribution in [1.29, 1.82) is 0 Å². The van der Waals surface area contributed by atoms with E-state index in [1.807, 2.05) is 13.1 Å². The summed E-state index contributed by atoms with van der Waals surface area (Å²) >= 11 is 0. The Hall–Kier alpha value is -1.09. The predicted octanol–water partition coefficient (Wildman–Crippen LogP) is 3.81. The van der Waals surface area contributed by atoms with Crippen LogP contribution in [0.25, 0.3) is 0 Å². The minimum Gasteiger partial charge on any atom is -0.389 e. The summed E-state index contributed by atoms with van der Waals surface area (Å²) in [5.74, 6) is -0.257. The minimum atomic E-state index is -0.660. The molecule has 0 aliphatic carbocycles. The monoisotopic (exact) mass is 253 g/mol. The molecule has 0 aliphatic heterocycles. The van der Waals surface area contributed by atoms with Crippen molar-refractivity contribution in [3.63, 3.8) is 0 Å². The van der Waals surface area contributed by atoms with Crippen LogP contribution in [-0.4, -0.2) is 18.2 Å². The minimum absolute atomic E-state index is 0.257. The summed E-state index contributed by atoms with van der Waals surface area (Å²) < 4.78 is 13.6. The Morgan fingerprint density at radius 2 is 1.83 bits per heavy atom. The molecular formula is C15H24FNO. The number of aryl methyl sites for hydroxylation is 1. The van der Waals surface area contributed by atoms with Crippen molar-refractivity contribution in [3.05, 3.63) is 29.1 Å². The molecule has 0 aromatic heterocycles. The molecule has 0 saturated carbocycles. The first-order valence-corrected chi connectivity index (χ1v) is 6.63. The third-order valence-electron chi connectivity index (χ3n) is 3.63. The van der Waals surface area contributed by atoms with Gasteiger partial charge in [0.15, 0.2) is 0 Å². The molecule has 1 unspecified atom stereocenters. The maximum atomic E-state index is 13.6. The SMILES string of the molecule is CCC(CC)N(C)c1cc(C)c(F)cc1C(C)O. The van der Waals surface area contributed by atoms with Crippen LogP contribution in [0.4, 0.5) is 10.1 Å². The highest BCUT2D eigenvalue weighted by Crippen LogP contribution is 2.30. The standard InChI is InChI=1S/C15H24FNO/c1-6-12(7-2)17(5)15-8-10(3)14(16)9-13(15)11(4)18/h8-9,11-12,18H,6-7H2,1-5H3. The number of anilines is 1. The molecule has 0 heterocycles. The highest BCUT2D eigenvalue weighted by molar-refractivity contribution is 5.57. The fourth-order valence-corrected chi connectivity index (χ4v) is 2.35. The van der Waals surface area contributed by atoms with Crippen molar-refractivity contribution in [2.24, 2.45) is 0 Å². The van der Waals surface area contributed by atoms with E-state index in [9.17, 15) is 9.50 Å². The maximum absolute atomic E-state index is 13.6. The molecule has 1 atom stereocenters. The largest absolute Gasteiger partial charge is 0.389 e. The van der Waals surface area contributed by atoms with Crippen molar-refractivity contribution < 1.29 is 9.50 Å². The summed E-state index contributed by atoms with van der Waals surface area (Å²) in [6.45, 7) is 7.71. The Kier molecular flexibility index (Phi) is 5.15. The first-order valence-electron chi connectivity index (χ1n) is 6.63. The van der Waals surface area contributed by atoms with Crippen molar-refractivity contribution in [1.82, 2.24) is 0 Å². The van der Waals surface area contributed by atoms with Gasteiger partial charge in [0.05, 0.1) is 6.10 Å². The molecule has 1 rings (SSSR count). The van der Waals surface area contributed by atoms with Crippen molar-refractivity contribution in [3.8, 4) is 0 Å². The van der Waals surface area contributed by atoms with Crippen LogP contribution in [-0.2, 0) is 0 Å². The number of hydrogen-bond acceptors (Lipinski definition) is 2. The molecule has 2 nitrogen and oxygen atoms in total. The molecule has 0 amide bonds. The van der Waals surface area contributed by atoms with Crippen LogP contribution in [0.5, 0.6) is 0 Å². The zero-order chi connectivity index (χ0) is 13.9. The highest BCUT2D eigenvalue weighted by atomic mass is 19.1. The average Bonchev–Trinajstić information content (AvgIpc) is 2.33. The predicted molar refractivity (Wildman–Crippen MR) is 74.5 cm³/mol. The summed E-state index contributed by atoms with van der Waals surface area (Å²) in [5.41, 5.74) is 2.21. The number of aliphatic hydroxyl groups is 1. The van der Waals surface area contributed by atoms with Gasteiger partial charge in [0.1, 0.15) is 5.82 Å². The summed E-state index contributed by atoms with van der Waals surface area (Å²) in [7, 11) is 2.01. The number of nitrogens with zero attached hydrogens (tertiary/aromatic N) is 1. The molecular weight excluding hydrogens is 229 g/mol. The van der Waals surface area contributed by atoms with Gasteiger partial charge in [-0.2, -0.15) is 0 Å². The quantitative estimate of drug-likeness (QED) is 0.862. The number of hydrogen-bond donors (Lipinski definition) is 1. The van der Waals surface area contributed by atoms with Gasteiger partial charge in [-0.15, -0.1) is 0 Å². The molecule has 0 saturated heterocycles. The van der Waals surface area contributed by atoms with Gasteiger partial charge in [-0.05, 0) is 44.4 Å². The Balaban J connectivity index is 3.25. The van der Waals surface area contributed by atoms with Crippen LogP contribution in [0.1, 0.15) is 50.8 Å². The second-order valence-corrected chi connectivity index (χ2v) is 4.92. The number of rotatable bonds is 5. The second kappa shape index (κ2) is 6.19. The van der Waals surface area contributed by atoms with E-state index in [4.69, 9.17) is 0 Å². The molecule has 3 heteroatoms. The lowest BCUT2D eigenvalue weighted by molar-refractivity contribution is 0.199. The fourth-order valence-electron chi connectivity index (χ4n) is 2.35. The average molecular weight is 253 g/mol. The molecule has 0 radical (unpaired) electrons. The van der Waals surface area contributed by atoms with Gasteiger partial charge in [0, 0.05) is 24.3 Å². The molecule has 1 aromatic rings. The number of halogens is 1. The van der Waals surface area contributed by atoms with Gasteiger partial charge in [-0.25, -0.2) is 4.39 Å². The first kappa shape index (κ1) is 15.0. The van der Waals surface area contributed by atoms with E-state index in [0.29, 0.717) is 17.2 Å². The van der Waals surface area contributed by atoms with Crippen LogP contribution in [0.15, 0.2) is 12.1 Å². The molecule has 0 spiro atoms. The van der Waals surface area contributed by atoms with E-state index >= 15 is 0 Å². The number of benzene rings is 1. The van der Waals surface area contributed by atoms with Gasteiger partial charge in [-0.1, -0.05) is 13.8 Å². The lowest BCUT2D eigenvalue weighted by atomic mass is 10.0. The Bertz CT molecular complexity index is 400. The summed E-state index contributed by atoms with van der Waals surface area (Å²) in [5, 5.41) is 9.80. The van der Waals surface area contributed by atoms with Crippen molar-refractivity contribution in [2.45, 2.75) is 52.7 Å². The molecule has 0 aliphatic rings. The van der Waals surface area contributed by atoms with Gasteiger partial charge >= 0.3 is 0 Å². The number of aliphatic hydroxyl groups excluding tert-OH is 1. The van der Waals surface area contributed by atoms with Crippen LogP contribution < -0.4 is 4.90 Å². The summed E-state index contributed by atoms with van der Waals surface area (Å²) in [4.78, 5) is 2.15. The topological polar surface area (TPSA) is 23.5 Å². The van der Waals surface area contributed by atoms with Gasteiger partial charge in [0.25, 0.3) is 0 Å². The third-order valence-corrected chi connectivity index (χ3v) is 3.63. The summed E-state index contributed by atoms with van der Waals surface area (Å²) in [6, 6.07) is 3.69. The van der Waals surface area contributed by atoms with Gasteiger partial charge in [0.2, 0.25) is 0 Å². The Morgan fingerprint density at radius 1 is 1.28 bits per heavy atom. The van der Waals surface area contributed by atoms with Crippen molar-refractivity contribution in [2.75, 3.05) is 11.9 Å². The summed E-state index contributed by atoms with van der Waals surface area (Å²) in [6.07, 6.45) is 1.40. The Labute approximate surface area is 109 Å². The normalized spacial score (nSPS) is 12.9. The van der Waals surface area contributed by atoms with Gasteiger partial charge < -0.3 is 10.0 Å². The van der Waals surface area contributed by atoms with Crippen molar-refractivity contribution >= 4 is 5.69 Å². The van der Waals surface area contributed by atoms with E-state index in [2.05, 4.69) is 18.7 Å². The smallest absolute Gasteiger partial charge is 0.126 e. The zero-order valence-corrected chi connectivity index (χ0v) is 12.0. The van der Waals surface area contributed by atoms with E-state index in [-0.39, 0.29) is 5.82 Å². The highest BCUT2D eigenvalue weighted by Gasteiger charge is 2.18. The fraction of sp³-hybridized carbons (Fsp3) is 0.600.